The molecule has 1 saturated carbocycles. The highest BCUT2D eigenvalue weighted by molar-refractivity contribution is 6.35. The van der Waals surface area contributed by atoms with E-state index < -0.39 is 0 Å². The molecular weight excluding hydrogens is 281 g/mol. The van der Waals surface area contributed by atoms with Gasteiger partial charge in [0.05, 0.1) is 0 Å². The zero-order valence-corrected chi connectivity index (χ0v) is 12.3. The molecule has 4 heteroatoms. The molecule has 1 aliphatic heterocycles. The Morgan fingerprint density at radius 3 is 2.58 bits per heavy atom. The van der Waals surface area contributed by atoms with E-state index in [0.717, 1.165) is 30.5 Å². The Morgan fingerprint density at radius 1 is 1.21 bits per heavy atom. The zero-order valence-electron chi connectivity index (χ0n) is 10.7. The van der Waals surface area contributed by atoms with E-state index >= 15 is 0 Å². The Kier molecular flexibility index (Phi) is 3.72. The number of nitrogens with zero attached hydrogens (tertiary/aromatic N) is 1. The van der Waals surface area contributed by atoms with Crippen LogP contribution in [0, 0.1) is 11.8 Å². The van der Waals surface area contributed by atoms with Crippen LogP contribution in [0.15, 0.2) is 18.2 Å². The molecule has 0 aromatic heterocycles. The molecule has 1 heterocycles. The molecule has 102 valence electrons. The molecular formula is C15H17Cl2NO. The van der Waals surface area contributed by atoms with Crippen molar-refractivity contribution in [3.63, 3.8) is 0 Å². The maximum atomic E-state index is 12.0. The van der Waals surface area contributed by atoms with Gasteiger partial charge in [0.2, 0.25) is 5.91 Å². The molecule has 0 radical (unpaired) electrons. The molecule has 3 rings (SSSR count). The van der Waals surface area contributed by atoms with Crippen molar-refractivity contribution in [1.29, 1.82) is 0 Å². The van der Waals surface area contributed by atoms with Crippen LogP contribution >= 0.6 is 23.2 Å². The van der Waals surface area contributed by atoms with E-state index in [9.17, 15) is 4.79 Å². The maximum Gasteiger partial charge on any atom is 0.222 e. The minimum atomic E-state index is 0.253. The van der Waals surface area contributed by atoms with Gasteiger partial charge in [0.25, 0.3) is 0 Å². The summed E-state index contributed by atoms with van der Waals surface area (Å²) in [6.45, 7) is 1.94. The van der Waals surface area contributed by atoms with E-state index in [2.05, 4.69) is 0 Å². The predicted molar refractivity (Wildman–Crippen MR) is 77.6 cm³/mol. The number of amides is 1. The van der Waals surface area contributed by atoms with Crippen LogP contribution in [0.5, 0.6) is 0 Å². The Hall–Kier alpha value is -0.730. The molecule has 19 heavy (non-hydrogen) atoms. The first-order chi connectivity index (χ1) is 9.13. The van der Waals surface area contributed by atoms with Gasteiger partial charge in [-0.2, -0.15) is 0 Å². The quantitative estimate of drug-likeness (QED) is 0.828. The lowest BCUT2D eigenvalue weighted by molar-refractivity contribution is -0.137. The van der Waals surface area contributed by atoms with Gasteiger partial charge in [0.15, 0.2) is 0 Å². The Labute approximate surface area is 123 Å². The van der Waals surface area contributed by atoms with E-state index in [1.54, 1.807) is 6.07 Å². The highest BCUT2D eigenvalue weighted by Crippen LogP contribution is 2.41. The van der Waals surface area contributed by atoms with Crippen LogP contribution in [-0.2, 0) is 11.2 Å². The molecule has 1 aromatic rings. The van der Waals surface area contributed by atoms with Crippen molar-refractivity contribution in [3.05, 3.63) is 33.8 Å². The van der Waals surface area contributed by atoms with Crippen LogP contribution in [0.2, 0.25) is 10.0 Å². The van der Waals surface area contributed by atoms with Crippen LogP contribution in [-0.4, -0.2) is 23.9 Å². The number of aryl methyl sites for hydroxylation is 1. The predicted octanol–water partition coefficient (Wildman–Crippen LogP) is 3.79. The summed E-state index contributed by atoms with van der Waals surface area (Å²) < 4.78 is 0. The van der Waals surface area contributed by atoms with Gasteiger partial charge in [0.1, 0.15) is 0 Å². The second-order valence-electron chi connectivity index (χ2n) is 5.63. The number of rotatable bonds is 4. The van der Waals surface area contributed by atoms with E-state index in [1.165, 1.54) is 12.8 Å². The van der Waals surface area contributed by atoms with Gasteiger partial charge in [0, 0.05) is 29.6 Å². The van der Waals surface area contributed by atoms with Gasteiger partial charge < -0.3 is 4.90 Å². The Morgan fingerprint density at radius 2 is 1.95 bits per heavy atom. The zero-order chi connectivity index (χ0) is 13.4. The Bertz CT molecular complexity index is 493. The van der Waals surface area contributed by atoms with Gasteiger partial charge in [-0.1, -0.05) is 29.3 Å². The van der Waals surface area contributed by atoms with Crippen molar-refractivity contribution >= 4 is 29.1 Å². The van der Waals surface area contributed by atoms with Crippen molar-refractivity contribution in [2.45, 2.75) is 25.7 Å². The normalized spacial score (nSPS) is 19.4. The molecule has 2 nitrogen and oxygen atoms in total. The van der Waals surface area contributed by atoms with Gasteiger partial charge >= 0.3 is 0 Å². The summed E-state index contributed by atoms with van der Waals surface area (Å²) in [6.07, 6.45) is 3.97. The highest BCUT2D eigenvalue weighted by atomic mass is 35.5. The molecule has 0 bridgehead atoms. The Balaban J connectivity index is 1.47. The summed E-state index contributed by atoms with van der Waals surface area (Å²) in [5, 5.41) is 1.29. The molecule has 1 saturated heterocycles. The minimum absolute atomic E-state index is 0.253. The van der Waals surface area contributed by atoms with Crippen molar-refractivity contribution < 1.29 is 4.79 Å². The number of halogens is 2. The SMILES string of the molecule is O=C(CCc1ccc(Cl)cc1Cl)N1CC(C2CC2)C1. The smallest absolute Gasteiger partial charge is 0.222 e. The van der Waals surface area contributed by atoms with Gasteiger partial charge in [-0.05, 0) is 48.8 Å². The summed E-state index contributed by atoms with van der Waals surface area (Å²) in [5.41, 5.74) is 0.999. The summed E-state index contributed by atoms with van der Waals surface area (Å²) in [6, 6.07) is 5.46. The third-order valence-corrected chi connectivity index (χ3v) is 4.76. The van der Waals surface area contributed by atoms with Crippen molar-refractivity contribution in [3.8, 4) is 0 Å². The molecule has 1 aromatic carbocycles. The monoisotopic (exact) mass is 297 g/mol. The van der Waals surface area contributed by atoms with Crippen LogP contribution in [0.25, 0.3) is 0 Å². The fourth-order valence-electron chi connectivity index (χ4n) is 2.71. The third-order valence-electron chi connectivity index (χ3n) is 4.17. The van der Waals surface area contributed by atoms with E-state index in [1.807, 2.05) is 17.0 Å². The van der Waals surface area contributed by atoms with Crippen LogP contribution < -0.4 is 0 Å². The van der Waals surface area contributed by atoms with Gasteiger partial charge in [-0.3, -0.25) is 4.79 Å². The van der Waals surface area contributed by atoms with Crippen LogP contribution in [0.4, 0.5) is 0 Å². The molecule has 1 amide bonds. The first-order valence-electron chi connectivity index (χ1n) is 6.85. The summed E-state index contributed by atoms with van der Waals surface area (Å²) >= 11 is 12.0. The maximum absolute atomic E-state index is 12.0. The lowest BCUT2D eigenvalue weighted by Gasteiger charge is -2.39. The molecule has 1 aliphatic carbocycles. The van der Waals surface area contributed by atoms with Crippen molar-refractivity contribution in [2.24, 2.45) is 11.8 Å². The minimum Gasteiger partial charge on any atom is -0.342 e. The number of hydrogen-bond donors (Lipinski definition) is 0. The average Bonchev–Trinajstić information content (AvgIpc) is 3.10. The average molecular weight is 298 g/mol. The van der Waals surface area contributed by atoms with E-state index in [-0.39, 0.29) is 5.91 Å². The third kappa shape index (κ3) is 3.06. The van der Waals surface area contributed by atoms with Crippen LogP contribution in [0.1, 0.15) is 24.8 Å². The molecule has 0 unspecified atom stereocenters. The fourth-order valence-corrected chi connectivity index (χ4v) is 3.21. The van der Waals surface area contributed by atoms with Crippen LogP contribution in [0.3, 0.4) is 0 Å². The number of carbonyl (C=O) groups excluding carboxylic acids is 1. The highest BCUT2D eigenvalue weighted by Gasteiger charge is 2.40. The summed E-state index contributed by atoms with van der Waals surface area (Å²) in [5.74, 6) is 1.95. The fraction of sp³-hybridized carbons (Fsp3) is 0.533. The first-order valence-corrected chi connectivity index (χ1v) is 7.61. The van der Waals surface area contributed by atoms with E-state index in [4.69, 9.17) is 23.2 Å². The molecule has 0 N–H and O–H groups in total. The standard InChI is InChI=1S/C15H17Cl2NO/c16-13-5-3-11(14(17)7-13)4-6-15(19)18-8-12(9-18)10-1-2-10/h3,5,7,10,12H,1-2,4,6,8-9H2. The second-order valence-corrected chi connectivity index (χ2v) is 6.48. The van der Waals surface area contributed by atoms with Gasteiger partial charge in [-0.15, -0.1) is 0 Å². The molecule has 0 atom stereocenters. The topological polar surface area (TPSA) is 20.3 Å². The molecule has 0 spiro atoms. The number of benzene rings is 1. The number of carbonyl (C=O) groups is 1. The van der Waals surface area contributed by atoms with Crippen molar-refractivity contribution in [1.82, 2.24) is 4.90 Å². The summed E-state index contributed by atoms with van der Waals surface area (Å²) in [7, 11) is 0. The lowest BCUT2D eigenvalue weighted by atomic mass is 9.94. The lowest BCUT2D eigenvalue weighted by Crippen LogP contribution is -2.50. The molecule has 2 fully saturated rings. The largest absolute Gasteiger partial charge is 0.342 e. The van der Waals surface area contributed by atoms with E-state index in [0.29, 0.717) is 22.9 Å². The second kappa shape index (κ2) is 5.34. The number of hydrogen-bond acceptors (Lipinski definition) is 1. The molecule has 2 aliphatic rings. The summed E-state index contributed by atoms with van der Waals surface area (Å²) in [4.78, 5) is 14.0. The van der Waals surface area contributed by atoms with Gasteiger partial charge in [-0.25, -0.2) is 0 Å². The number of likely N-dealkylation sites (tertiary alicyclic amines) is 1. The first kappa shape index (κ1) is 13.3. The van der Waals surface area contributed by atoms with Crippen molar-refractivity contribution in [2.75, 3.05) is 13.1 Å².